The lowest BCUT2D eigenvalue weighted by Gasteiger charge is -2.27. The molecular weight excluding hydrogens is 282 g/mol. The fourth-order valence-electron chi connectivity index (χ4n) is 3.08. The molecule has 0 spiro atoms. The summed E-state index contributed by atoms with van der Waals surface area (Å²) >= 11 is 0. The molecule has 2 heteroatoms. The van der Waals surface area contributed by atoms with Crippen LogP contribution in [-0.2, 0) is 6.54 Å². The fourth-order valence-corrected chi connectivity index (χ4v) is 3.08. The molecule has 0 amide bonds. The summed E-state index contributed by atoms with van der Waals surface area (Å²) in [5.74, 6) is 0. The van der Waals surface area contributed by atoms with Gasteiger partial charge in [0, 0.05) is 6.54 Å². The second-order valence-corrected chi connectivity index (χ2v) is 6.15. The molecule has 3 aromatic carbocycles. The highest BCUT2D eigenvalue weighted by molar-refractivity contribution is 5.83. The normalized spacial score (nSPS) is 12.7. The van der Waals surface area contributed by atoms with Gasteiger partial charge in [-0.3, -0.25) is 4.90 Å². The standard InChI is InChI=1S/C21H23NO/c1-16-7-3-4-10-20(16)14-22(2)21(15-23)19-12-11-17-8-5-6-9-18(17)13-19/h3-13,21,23H,14-15H2,1-2H3. The Bertz CT molecular complexity index is 796. The van der Waals surface area contributed by atoms with Crippen LogP contribution in [0.4, 0.5) is 0 Å². The van der Waals surface area contributed by atoms with Crippen molar-refractivity contribution in [1.29, 1.82) is 0 Å². The number of fused-ring (bicyclic) bond motifs is 1. The lowest BCUT2D eigenvalue weighted by atomic mass is 10.0. The number of aliphatic hydroxyl groups is 1. The topological polar surface area (TPSA) is 23.5 Å². The third kappa shape index (κ3) is 3.44. The Morgan fingerprint density at radius 2 is 1.61 bits per heavy atom. The molecule has 118 valence electrons. The first-order valence-electron chi connectivity index (χ1n) is 8.03. The number of nitrogens with zero attached hydrogens (tertiary/aromatic N) is 1. The first-order chi connectivity index (χ1) is 11.2. The quantitative estimate of drug-likeness (QED) is 0.759. The van der Waals surface area contributed by atoms with Gasteiger partial charge in [0.15, 0.2) is 0 Å². The first-order valence-corrected chi connectivity index (χ1v) is 8.03. The van der Waals surface area contributed by atoms with Crippen molar-refractivity contribution in [2.75, 3.05) is 13.7 Å². The number of hydrogen-bond acceptors (Lipinski definition) is 2. The second-order valence-electron chi connectivity index (χ2n) is 6.15. The summed E-state index contributed by atoms with van der Waals surface area (Å²) < 4.78 is 0. The van der Waals surface area contributed by atoms with Gasteiger partial charge in [-0.15, -0.1) is 0 Å². The smallest absolute Gasteiger partial charge is 0.0628 e. The molecule has 2 nitrogen and oxygen atoms in total. The van der Waals surface area contributed by atoms with Crippen LogP contribution in [0.1, 0.15) is 22.7 Å². The van der Waals surface area contributed by atoms with E-state index in [0.717, 1.165) is 12.1 Å². The zero-order valence-corrected chi connectivity index (χ0v) is 13.7. The Labute approximate surface area is 138 Å². The van der Waals surface area contributed by atoms with E-state index in [0.29, 0.717) is 0 Å². The largest absolute Gasteiger partial charge is 0.394 e. The summed E-state index contributed by atoms with van der Waals surface area (Å²) in [4.78, 5) is 2.21. The molecule has 1 unspecified atom stereocenters. The average molecular weight is 305 g/mol. The van der Waals surface area contributed by atoms with Gasteiger partial charge in [0.05, 0.1) is 12.6 Å². The molecule has 1 atom stereocenters. The maximum Gasteiger partial charge on any atom is 0.0628 e. The predicted octanol–water partition coefficient (Wildman–Crippen LogP) is 4.31. The number of hydrogen-bond donors (Lipinski definition) is 1. The van der Waals surface area contributed by atoms with Crippen molar-refractivity contribution in [3.05, 3.63) is 83.4 Å². The van der Waals surface area contributed by atoms with Gasteiger partial charge in [-0.25, -0.2) is 0 Å². The molecule has 0 radical (unpaired) electrons. The van der Waals surface area contributed by atoms with Crippen molar-refractivity contribution in [3.8, 4) is 0 Å². The van der Waals surface area contributed by atoms with Crippen LogP contribution >= 0.6 is 0 Å². The molecule has 0 bridgehead atoms. The van der Waals surface area contributed by atoms with E-state index in [4.69, 9.17) is 0 Å². The van der Waals surface area contributed by atoms with Crippen molar-refractivity contribution >= 4 is 10.8 Å². The van der Waals surface area contributed by atoms with E-state index < -0.39 is 0 Å². The van der Waals surface area contributed by atoms with E-state index in [1.807, 2.05) is 0 Å². The summed E-state index contributed by atoms with van der Waals surface area (Å²) in [7, 11) is 2.07. The highest BCUT2D eigenvalue weighted by Crippen LogP contribution is 2.25. The molecule has 0 aliphatic carbocycles. The zero-order valence-electron chi connectivity index (χ0n) is 13.7. The summed E-state index contributed by atoms with van der Waals surface area (Å²) in [5, 5.41) is 12.4. The first kappa shape index (κ1) is 15.7. The van der Waals surface area contributed by atoms with Crippen molar-refractivity contribution in [2.45, 2.75) is 19.5 Å². The van der Waals surface area contributed by atoms with Crippen LogP contribution in [0.15, 0.2) is 66.7 Å². The molecule has 0 aliphatic rings. The Morgan fingerprint density at radius 1 is 0.913 bits per heavy atom. The van der Waals surface area contributed by atoms with Gasteiger partial charge >= 0.3 is 0 Å². The van der Waals surface area contributed by atoms with E-state index in [1.165, 1.54) is 21.9 Å². The highest BCUT2D eigenvalue weighted by atomic mass is 16.3. The molecule has 1 N–H and O–H groups in total. The third-order valence-corrected chi connectivity index (χ3v) is 4.54. The highest BCUT2D eigenvalue weighted by Gasteiger charge is 2.17. The molecule has 0 aromatic heterocycles. The number of benzene rings is 3. The van der Waals surface area contributed by atoms with Gasteiger partial charge in [-0.05, 0) is 47.5 Å². The maximum atomic E-state index is 9.93. The van der Waals surface area contributed by atoms with E-state index in [1.54, 1.807) is 0 Å². The molecule has 3 rings (SSSR count). The second kappa shape index (κ2) is 6.95. The molecule has 0 aliphatic heterocycles. The van der Waals surface area contributed by atoms with Crippen molar-refractivity contribution in [3.63, 3.8) is 0 Å². The van der Waals surface area contributed by atoms with Crippen molar-refractivity contribution in [1.82, 2.24) is 4.90 Å². The van der Waals surface area contributed by atoms with E-state index in [-0.39, 0.29) is 12.6 Å². The van der Waals surface area contributed by atoms with Gasteiger partial charge in [-0.2, -0.15) is 0 Å². The third-order valence-electron chi connectivity index (χ3n) is 4.54. The summed E-state index contributed by atoms with van der Waals surface area (Å²) in [6.07, 6.45) is 0. The molecule has 0 heterocycles. The van der Waals surface area contributed by atoms with E-state index in [2.05, 4.69) is 85.6 Å². The van der Waals surface area contributed by atoms with E-state index >= 15 is 0 Å². The monoisotopic (exact) mass is 305 g/mol. The average Bonchev–Trinajstić information content (AvgIpc) is 2.57. The van der Waals surface area contributed by atoms with Crippen LogP contribution < -0.4 is 0 Å². The molecule has 0 saturated carbocycles. The summed E-state index contributed by atoms with van der Waals surface area (Å²) in [6, 6.07) is 23.2. The van der Waals surface area contributed by atoms with Crippen molar-refractivity contribution in [2.24, 2.45) is 0 Å². The number of likely N-dealkylation sites (N-methyl/N-ethyl adjacent to an activating group) is 1. The summed E-state index contributed by atoms with van der Waals surface area (Å²) in [5.41, 5.74) is 3.74. The summed E-state index contributed by atoms with van der Waals surface area (Å²) in [6.45, 7) is 3.07. The SMILES string of the molecule is Cc1ccccc1CN(C)C(CO)c1ccc2ccccc2c1. The van der Waals surface area contributed by atoms with Gasteiger partial charge in [0.1, 0.15) is 0 Å². The Kier molecular flexibility index (Phi) is 4.75. The molecule has 23 heavy (non-hydrogen) atoms. The predicted molar refractivity (Wildman–Crippen MR) is 96.4 cm³/mol. The number of rotatable bonds is 5. The Hall–Kier alpha value is -2.16. The van der Waals surface area contributed by atoms with Crippen LogP contribution in [0.5, 0.6) is 0 Å². The Morgan fingerprint density at radius 3 is 2.35 bits per heavy atom. The van der Waals surface area contributed by atoms with Crippen LogP contribution in [0.2, 0.25) is 0 Å². The number of aryl methyl sites for hydroxylation is 1. The van der Waals surface area contributed by atoms with Crippen LogP contribution in [-0.4, -0.2) is 23.7 Å². The molecule has 0 fully saturated rings. The van der Waals surface area contributed by atoms with Gasteiger partial charge in [0.2, 0.25) is 0 Å². The molecule has 0 saturated heterocycles. The van der Waals surface area contributed by atoms with Crippen molar-refractivity contribution < 1.29 is 5.11 Å². The fraction of sp³-hybridized carbons (Fsp3) is 0.238. The minimum Gasteiger partial charge on any atom is -0.394 e. The van der Waals surface area contributed by atoms with Crippen LogP contribution in [0, 0.1) is 6.92 Å². The maximum absolute atomic E-state index is 9.93. The van der Waals surface area contributed by atoms with Crippen LogP contribution in [0.25, 0.3) is 10.8 Å². The number of aliphatic hydroxyl groups excluding tert-OH is 1. The Balaban J connectivity index is 1.86. The van der Waals surface area contributed by atoms with Crippen LogP contribution in [0.3, 0.4) is 0 Å². The van der Waals surface area contributed by atoms with Gasteiger partial charge in [-0.1, -0.05) is 60.7 Å². The van der Waals surface area contributed by atoms with Gasteiger partial charge < -0.3 is 5.11 Å². The lowest BCUT2D eigenvalue weighted by Crippen LogP contribution is -2.27. The molecule has 3 aromatic rings. The van der Waals surface area contributed by atoms with E-state index in [9.17, 15) is 5.11 Å². The van der Waals surface area contributed by atoms with Gasteiger partial charge in [0.25, 0.3) is 0 Å². The molecular formula is C21H23NO. The minimum atomic E-state index is -0.000729. The minimum absolute atomic E-state index is 0.000729. The lowest BCUT2D eigenvalue weighted by molar-refractivity contribution is 0.142. The zero-order chi connectivity index (χ0) is 16.2.